The Bertz CT molecular complexity index is 456. The van der Waals surface area contributed by atoms with E-state index in [1.54, 1.807) is 0 Å². The number of hydrogen-bond donors (Lipinski definition) is 1. The van der Waals surface area contributed by atoms with E-state index in [-0.39, 0.29) is 11.3 Å². The van der Waals surface area contributed by atoms with E-state index in [0.717, 1.165) is 18.8 Å². The summed E-state index contributed by atoms with van der Waals surface area (Å²) in [6, 6.07) is 8.21. The topological polar surface area (TPSA) is 32.3 Å². The fourth-order valence-corrected chi connectivity index (χ4v) is 2.62. The molecule has 0 aromatic heterocycles. The first-order chi connectivity index (χ1) is 9.44. The number of carbonyl (C=O) groups excluding carboxylic acids is 1. The third-order valence-electron chi connectivity index (χ3n) is 3.54. The zero-order valence-corrected chi connectivity index (χ0v) is 12.9. The molecule has 20 heavy (non-hydrogen) atoms. The number of benzene rings is 1. The van der Waals surface area contributed by atoms with Gasteiger partial charge in [0.1, 0.15) is 0 Å². The second-order valence-electron chi connectivity index (χ2n) is 6.88. The Morgan fingerprint density at radius 3 is 2.55 bits per heavy atom. The first-order valence-corrected chi connectivity index (χ1v) is 7.59. The highest BCUT2D eigenvalue weighted by Crippen LogP contribution is 2.24. The Hall–Kier alpha value is -1.51. The molecular weight excluding hydrogens is 248 g/mol. The molecule has 2 rings (SSSR count). The van der Waals surface area contributed by atoms with Gasteiger partial charge in [0.05, 0.1) is 0 Å². The highest BCUT2D eigenvalue weighted by molar-refractivity contribution is 5.91. The summed E-state index contributed by atoms with van der Waals surface area (Å²) < 4.78 is 0. The first-order valence-electron chi connectivity index (χ1n) is 7.59. The number of piperidine rings is 1. The molecule has 1 aromatic carbocycles. The first kappa shape index (κ1) is 14.9. The highest BCUT2D eigenvalue weighted by atomic mass is 16.1. The second-order valence-corrected chi connectivity index (χ2v) is 6.88. The van der Waals surface area contributed by atoms with Crippen LogP contribution in [0.1, 0.15) is 46.5 Å². The monoisotopic (exact) mass is 274 g/mol. The zero-order valence-electron chi connectivity index (χ0n) is 12.9. The van der Waals surface area contributed by atoms with Gasteiger partial charge < -0.3 is 10.2 Å². The molecule has 0 aliphatic carbocycles. The van der Waals surface area contributed by atoms with E-state index in [0.29, 0.717) is 6.42 Å². The Balaban J connectivity index is 2.00. The number of amides is 1. The molecule has 0 unspecified atom stereocenters. The van der Waals surface area contributed by atoms with Gasteiger partial charge in [0, 0.05) is 30.9 Å². The molecule has 0 spiro atoms. The number of carbonyl (C=O) groups is 1. The smallest absolute Gasteiger partial charge is 0.224 e. The predicted octanol–water partition coefficient (Wildman–Crippen LogP) is 4.05. The molecule has 110 valence electrons. The molecule has 1 aromatic rings. The maximum absolute atomic E-state index is 12.0. The summed E-state index contributed by atoms with van der Waals surface area (Å²) in [5, 5.41) is 3.01. The largest absolute Gasteiger partial charge is 0.371 e. The molecule has 3 heteroatoms. The SMILES string of the molecule is CC(C)(C)CC(=O)Nc1cccc(N2CCCCC2)c1. The fourth-order valence-electron chi connectivity index (χ4n) is 2.62. The molecule has 1 N–H and O–H groups in total. The van der Waals surface area contributed by atoms with E-state index in [1.807, 2.05) is 12.1 Å². The van der Waals surface area contributed by atoms with Crippen molar-refractivity contribution in [3.63, 3.8) is 0 Å². The van der Waals surface area contributed by atoms with Crippen LogP contribution in [0.2, 0.25) is 0 Å². The van der Waals surface area contributed by atoms with E-state index in [4.69, 9.17) is 0 Å². The molecule has 0 bridgehead atoms. The van der Waals surface area contributed by atoms with Gasteiger partial charge in [-0.3, -0.25) is 4.79 Å². The molecule has 1 saturated heterocycles. The Morgan fingerprint density at radius 2 is 1.90 bits per heavy atom. The third-order valence-corrected chi connectivity index (χ3v) is 3.54. The zero-order chi connectivity index (χ0) is 14.6. The van der Waals surface area contributed by atoms with Gasteiger partial charge in [-0.1, -0.05) is 26.8 Å². The van der Waals surface area contributed by atoms with E-state index >= 15 is 0 Å². The maximum Gasteiger partial charge on any atom is 0.224 e. The lowest BCUT2D eigenvalue weighted by Gasteiger charge is -2.29. The van der Waals surface area contributed by atoms with Crippen molar-refractivity contribution in [3.8, 4) is 0 Å². The number of nitrogens with zero attached hydrogens (tertiary/aromatic N) is 1. The Labute approximate surface area is 122 Å². The molecule has 0 radical (unpaired) electrons. The van der Waals surface area contributed by atoms with Gasteiger partial charge in [0.25, 0.3) is 0 Å². The summed E-state index contributed by atoms with van der Waals surface area (Å²) >= 11 is 0. The lowest BCUT2D eigenvalue weighted by Crippen LogP contribution is -2.29. The minimum absolute atomic E-state index is 0.0224. The number of hydrogen-bond acceptors (Lipinski definition) is 2. The van der Waals surface area contributed by atoms with Gasteiger partial charge in [-0.25, -0.2) is 0 Å². The Morgan fingerprint density at radius 1 is 1.20 bits per heavy atom. The van der Waals surface area contributed by atoms with Gasteiger partial charge in [-0.15, -0.1) is 0 Å². The average molecular weight is 274 g/mol. The van der Waals surface area contributed by atoms with Crippen LogP contribution in [-0.4, -0.2) is 19.0 Å². The molecular formula is C17H26N2O. The van der Waals surface area contributed by atoms with Crippen LogP contribution in [0.4, 0.5) is 11.4 Å². The molecule has 1 aliphatic rings. The van der Waals surface area contributed by atoms with Crippen LogP contribution < -0.4 is 10.2 Å². The van der Waals surface area contributed by atoms with E-state index in [9.17, 15) is 4.79 Å². The van der Waals surface area contributed by atoms with E-state index in [1.165, 1.54) is 24.9 Å². The molecule has 1 aliphatic heterocycles. The van der Waals surface area contributed by atoms with Crippen molar-refractivity contribution in [2.75, 3.05) is 23.3 Å². The second kappa shape index (κ2) is 6.29. The van der Waals surface area contributed by atoms with Gasteiger partial charge in [-0.05, 0) is 42.9 Å². The average Bonchev–Trinajstić information content (AvgIpc) is 2.38. The van der Waals surface area contributed by atoms with Gasteiger partial charge in [-0.2, -0.15) is 0 Å². The summed E-state index contributed by atoms with van der Waals surface area (Å²) in [7, 11) is 0. The third kappa shape index (κ3) is 4.55. The summed E-state index contributed by atoms with van der Waals surface area (Å²) in [6.45, 7) is 8.49. The lowest BCUT2D eigenvalue weighted by atomic mass is 9.92. The van der Waals surface area contributed by atoms with Crippen LogP contribution in [0.3, 0.4) is 0 Å². The molecule has 0 atom stereocenters. The van der Waals surface area contributed by atoms with Crippen molar-refractivity contribution in [3.05, 3.63) is 24.3 Å². The summed E-state index contributed by atoms with van der Waals surface area (Å²) in [4.78, 5) is 14.4. The van der Waals surface area contributed by atoms with Crippen molar-refractivity contribution in [1.82, 2.24) is 0 Å². The molecule has 3 nitrogen and oxygen atoms in total. The fraction of sp³-hybridized carbons (Fsp3) is 0.588. The number of nitrogens with one attached hydrogen (secondary N) is 1. The summed E-state index contributed by atoms with van der Waals surface area (Å²) in [6.07, 6.45) is 4.40. The minimum atomic E-state index is 0.0224. The van der Waals surface area contributed by atoms with Crippen molar-refractivity contribution >= 4 is 17.3 Å². The maximum atomic E-state index is 12.0. The molecule has 1 amide bonds. The molecule has 1 fully saturated rings. The van der Waals surface area contributed by atoms with E-state index in [2.05, 4.69) is 43.1 Å². The van der Waals surface area contributed by atoms with Gasteiger partial charge in [0.2, 0.25) is 5.91 Å². The number of anilines is 2. The lowest BCUT2D eigenvalue weighted by molar-refractivity contribution is -0.117. The minimum Gasteiger partial charge on any atom is -0.371 e. The Kier molecular flexibility index (Phi) is 4.69. The van der Waals surface area contributed by atoms with Crippen molar-refractivity contribution in [1.29, 1.82) is 0 Å². The van der Waals surface area contributed by atoms with Crippen LogP contribution >= 0.6 is 0 Å². The van der Waals surface area contributed by atoms with Crippen LogP contribution in [0, 0.1) is 5.41 Å². The number of rotatable bonds is 3. The van der Waals surface area contributed by atoms with Crippen LogP contribution in [0.5, 0.6) is 0 Å². The summed E-state index contributed by atoms with van der Waals surface area (Å²) in [5.74, 6) is 0.0910. The quantitative estimate of drug-likeness (QED) is 0.901. The van der Waals surface area contributed by atoms with E-state index < -0.39 is 0 Å². The normalized spacial score (nSPS) is 16.1. The van der Waals surface area contributed by atoms with Crippen LogP contribution in [0.25, 0.3) is 0 Å². The van der Waals surface area contributed by atoms with Crippen LogP contribution in [-0.2, 0) is 4.79 Å². The van der Waals surface area contributed by atoms with Crippen molar-refractivity contribution < 1.29 is 4.79 Å². The van der Waals surface area contributed by atoms with Crippen LogP contribution in [0.15, 0.2) is 24.3 Å². The molecule has 1 heterocycles. The van der Waals surface area contributed by atoms with Gasteiger partial charge in [0.15, 0.2) is 0 Å². The van der Waals surface area contributed by atoms with Gasteiger partial charge >= 0.3 is 0 Å². The van der Waals surface area contributed by atoms with Crippen molar-refractivity contribution in [2.24, 2.45) is 5.41 Å². The molecule has 0 saturated carbocycles. The standard InChI is InChI=1S/C17H26N2O/c1-17(2,3)13-16(20)18-14-8-7-9-15(12-14)19-10-5-4-6-11-19/h7-9,12H,4-6,10-11,13H2,1-3H3,(H,18,20). The van der Waals surface area contributed by atoms with Crippen molar-refractivity contribution in [2.45, 2.75) is 46.5 Å². The predicted molar refractivity (Wildman–Crippen MR) is 85.2 cm³/mol. The highest BCUT2D eigenvalue weighted by Gasteiger charge is 2.16. The summed E-state index contributed by atoms with van der Waals surface area (Å²) in [5.41, 5.74) is 2.15.